The van der Waals surface area contributed by atoms with E-state index in [4.69, 9.17) is 5.26 Å². The van der Waals surface area contributed by atoms with Crippen LogP contribution in [0.3, 0.4) is 0 Å². The number of Topliss-reactive ketones (excluding diaryl/α,β-unsaturated/α-hetero) is 1. The molecule has 0 saturated heterocycles. The highest BCUT2D eigenvalue weighted by atomic mass is 32.2. The minimum Gasteiger partial charge on any atom is -0.293 e. The van der Waals surface area contributed by atoms with Crippen molar-refractivity contribution in [1.82, 2.24) is 4.98 Å². The first-order valence-corrected chi connectivity index (χ1v) is 5.87. The third-order valence-electron chi connectivity index (χ3n) is 1.69. The van der Waals surface area contributed by atoms with E-state index in [1.54, 1.807) is 6.07 Å². The lowest BCUT2D eigenvalue weighted by molar-refractivity contribution is 0.101. The maximum Gasteiger partial charge on any atom is 0.194 e. The predicted octanol–water partition coefficient (Wildman–Crippen LogP) is 0.559. The fraction of sp³-hybridized carbons (Fsp3) is 0.222. The molecule has 0 radical (unpaired) electrons. The number of pyridine rings is 1. The number of carbonyl (C=O) groups excluding carboxylic acids is 1. The molecule has 0 spiro atoms. The van der Waals surface area contributed by atoms with E-state index in [9.17, 15) is 13.2 Å². The number of sulfone groups is 1. The second-order valence-corrected chi connectivity index (χ2v) is 4.92. The minimum absolute atomic E-state index is 0.0365. The van der Waals surface area contributed by atoms with Crippen LogP contribution >= 0.6 is 0 Å². The Kier molecular flexibility index (Phi) is 2.86. The van der Waals surface area contributed by atoms with E-state index in [2.05, 4.69) is 4.98 Å². The van der Waals surface area contributed by atoms with Crippen molar-refractivity contribution in [2.75, 3.05) is 6.26 Å². The maximum absolute atomic E-state index is 11.3. The predicted molar refractivity (Wildman–Crippen MR) is 52.1 cm³/mol. The highest BCUT2D eigenvalue weighted by molar-refractivity contribution is 7.90. The van der Waals surface area contributed by atoms with E-state index in [1.165, 1.54) is 19.1 Å². The summed E-state index contributed by atoms with van der Waals surface area (Å²) in [4.78, 5) is 14.6. The Balaban J connectivity index is 3.55. The molecule has 0 aliphatic heterocycles. The van der Waals surface area contributed by atoms with Gasteiger partial charge in [-0.1, -0.05) is 0 Å². The number of ketones is 1. The lowest BCUT2D eigenvalue weighted by Gasteiger charge is -2.01. The number of carbonyl (C=O) groups is 1. The summed E-state index contributed by atoms with van der Waals surface area (Å²) < 4.78 is 22.5. The molecule has 78 valence electrons. The van der Waals surface area contributed by atoms with Gasteiger partial charge in [0.25, 0.3) is 0 Å². The molecule has 0 amide bonds. The molecule has 1 aromatic heterocycles. The molecular formula is C9H8N2O3S. The Morgan fingerprint density at radius 1 is 1.47 bits per heavy atom. The van der Waals surface area contributed by atoms with Gasteiger partial charge in [0.15, 0.2) is 20.6 Å². The zero-order valence-electron chi connectivity index (χ0n) is 8.18. The van der Waals surface area contributed by atoms with Gasteiger partial charge < -0.3 is 0 Å². The van der Waals surface area contributed by atoms with Gasteiger partial charge in [0.05, 0.1) is 5.56 Å². The van der Waals surface area contributed by atoms with Gasteiger partial charge in [-0.05, 0) is 12.1 Å². The van der Waals surface area contributed by atoms with E-state index in [-0.39, 0.29) is 22.1 Å². The smallest absolute Gasteiger partial charge is 0.194 e. The molecule has 1 aromatic rings. The summed E-state index contributed by atoms with van der Waals surface area (Å²) >= 11 is 0. The first-order chi connectivity index (χ1) is 6.86. The molecule has 0 bridgehead atoms. The fourth-order valence-electron chi connectivity index (χ4n) is 1.00. The van der Waals surface area contributed by atoms with Crippen LogP contribution in [0.25, 0.3) is 0 Å². The molecule has 0 fully saturated rings. The number of nitrogens with zero attached hydrogens (tertiary/aromatic N) is 2. The van der Waals surface area contributed by atoms with Gasteiger partial charge in [-0.25, -0.2) is 13.4 Å². The molecule has 0 N–H and O–H groups in total. The van der Waals surface area contributed by atoms with Crippen LogP contribution in [0.4, 0.5) is 0 Å². The number of hydrogen-bond acceptors (Lipinski definition) is 5. The van der Waals surface area contributed by atoms with Crippen LogP contribution in [0.5, 0.6) is 0 Å². The molecule has 0 saturated carbocycles. The van der Waals surface area contributed by atoms with Crippen LogP contribution in [0.15, 0.2) is 17.2 Å². The third kappa shape index (κ3) is 2.39. The summed E-state index contributed by atoms with van der Waals surface area (Å²) in [6.45, 7) is 1.28. The summed E-state index contributed by atoms with van der Waals surface area (Å²) in [6, 6.07) is 4.32. The summed E-state index contributed by atoms with van der Waals surface area (Å²) in [5.74, 6) is -0.343. The van der Waals surface area contributed by atoms with Gasteiger partial charge >= 0.3 is 0 Å². The lowest BCUT2D eigenvalue weighted by Crippen LogP contribution is -2.08. The quantitative estimate of drug-likeness (QED) is 0.685. The molecule has 0 atom stereocenters. The van der Waals surface area contributed by atoms with Crippen molar-refractivity contribution < 1.29 is 13.2 Å². The van der Waals surface area contributed by atoms with E-state index in [1.807, 2.05) is 0 Å². The van der Waals surface area contributed by atoms with Crippen LogP contribution in [0, 0.1) is 11.3 Å². The zero-order valence-corrected chi connectivity index (χ0v) is 9.00. The van der Waals surface area contributed by atoms with Gasteiger partial charge in [0, 0.05) is 13.2 Å². The Labute approximate surface area is 87.3 Å². The molecule has 1 heterocycles. The number of hydrogen-bond donors (Lipinski definition) is 0. The largest absolute Gasteiger partial charge is 0.293 e. The summed E-state index contributed by atoms with van der Waals surface area (Å²) in [5.41, 5.74) is -0.0167. The van der Waals surface area contributed by atoms with Gasteiger partial charge in [-0.3, -0.25) is 4.79 Å². The number of aromatic nitrogens is 1. The van der Waals surface area contributed by atoms with Crippen molar-refractivity contribution in [2.24, 2.45) is 0 Å². The highest BCUT2D eigenvalue weighted by Crippen LogP contribution is 2.13. The summed E-state index contributed by atoms with van der Waals surface area (Å²) in [6.07, 6.45) is 0.945. The molecule has 0 unspecified atom stereocenters. The SMILES string of the molecule is CC(=O)c1ccc(C#N)c(S(C)(=O)=O)n1. The van der Waals surface area contributed by atoms with E-state index in [0.717, 1.165) is 6.26 Å². The Bertz CT molecular complexity index is 555. The molecular weight excluding hydrogens is 216 g/mol. The normalized spacial score (nSPS) is 10.7. The van der Waals surface area contributed by atoms with E-state index >= 15 is 0 Å². The van der Waals surface area contributed by atoms with Crippen LogP contribution in [-0.2, 0) is 9.84 Å². The molecule has 5 nitrogen and oxygen atoms in total. The lowest BCUT2D eigenvalue weighted by atomic mass is 10.2. The second kappa shape index (κ2) is 3.79. The van der Waals surface area contributed by atoms with Gasteiger partial charge in [0.2, 0.25) is 0 Å². The first-order valence-electron chi connectivity index (χ1n) is 3.98. The first kappa shape index (κ1) is 11.3. The number of rotatable bonds is 2. The highest BCUT2D eigenvalue weighted by Gasteiger charge is 2.17. The van der Waals surface area contributed by atoms with E-state index < -0.39 is 9.84 Å². The van der Waals surface area contributed by atoms with Crippen molar-refractivity contribution in [3.05, 3.63) is 23.4 Å². The van der Waals surface area contributed by atoms with Crippen molar-refractivity contribution in [3.63, 3.8) is 0 Å². The van der Waals surface area contributed by atoms with Crippen LogP contribution in [0.2, 0.25) is 0 Å². The molecule has 1 rings (SSSR count). The fourth-order valence-corrected chi connectivity index (χ4v) is 1.78. The average molecular weight is 224 g/mol. The monoisotopic (exact) mass is 224 g/mol. The van der Waals surface area contributed by atoms with Gasteiger partial charge in [-0.15, -0.1) is 0 Å². The molecule has 15 heavy (non-hydrogen) atoms. The average Bonchev–Trinajstić information content (AvgIpc) is 2.15. The maximum atomic E-state index is 11.3. The number of nitriles is 1. The zero-order chi connectivity index (χ0) is 11.6. The van der Waals surface area contributed by atoms with Gasteiger partial charge in [0.1, 0.15) is 11.8 Å². The summed E-state index contributed by atoms with van der Waals surface area (Å²) in [7, 11) is -3.59. The molecule has 0 aliphatic rings. The van der Waals surface area contributed by atoms with Crippen molar-refractivity contribution in [2.45, 2.75) is 11.9 Å². The van der Waals surface area contributed by atoms with Crippen LogP contribution < -0.4 is 0 Å². The molecule has 6 heteroatoms. The minimum atomic E-state index is -3.59. The molecule has 0 aromatic carbocycles. The Hall–Kier alpha value is -1.74. The van der Waals surface area contributed by atoms with Gasteiger partial charge in [-0.2, -0.15) is 5.26 Å². The van der Waals surface area contributed by atoms with Crippen LogP contribution in [-0.4, -0.2) is 25.4 Å². The molecule has 0 aliphatic carbocycles. The second-order valence-electron chi connectivity index (χ2n) is 2.99. The van der Waals surface area contributed by atoms with E-state index in [0.29, 0.717) is 0 Å². The Morgan fingerprint density at radius 3 is 2.47 bits per heavy atom. The Morgan fingerprint density at radius 2 is 2.07 bits per heavy atom. The third-order valence-corrected chi connectivity index (χ3v) is 2.71. The standard InChI is InChI=1S/C9H8N2O3S/c1-6(12)8-4-3-7(5-10)9(11-8)15(2,13)14/h3-4H,1-2H3. The summed E-state index contributed by atoms with van der Waals surface area (Å²) in [5, 5.41) is 8.32. The van der Waals surface area contributed by atoms with Crippen molar-refractivity contribution >= 4 is 15.6 Å². The topological polar surface area (TPSA) is 87.9 Å². The van der Waals surface area contributed by atoms with Crippen LogP contribution in [0.1, 0.15) is 23.0 Å². The van der Waals surface area contributed by atoms with Crippen molar-refractivity contribution in [3.8, 4) is 6.07 Å². The van der Waals surface area contributed by atoms with Crippen molar-refractivity contribution in [1.29, 1.82) is 5.26 Å².